The van der Waals surface area contributed by atoms with Crippen LogP contribution in [0.4, 0.5) is 17.6 Å². The van der Waals surface area contributed by atoms with Crippen molar-refractivity contribution < 1.29 is 27.2 Å². The number of rotatable bonds is 3. The molecular formula is C15H16F4N2O2. The first-order chi connectivity index (χ1) is 10.8. The van der Waals surface area contributed by atoms with Gasteiger partial charge in [0.15, 0.2) is 0 Å². The predicted octanol–water partition coefficient (Wildman–Crippen LogP) is 2.24. The second kappa shape index (κ2) is 6.97. The fourth-order valence-electron chi connectivity index (χ4n) is 2.46. The maximum absolute atomic E-state index is 12.8. The van der Waals surface area contributed by atoms with Gasteiger partial charge in [-0.1, -0.05) is 12.1 Å². The minimum absolute atomic E-state index is 0.0903. The lowest BCUT2D eigenvalue weighted by atomic mass is 9.95. The van der Waals surface area contributed by atoms with Crippen molar-refractivity contribution in [2.75, 3.05) is 13.1 Å². The number of amides is 2. The molecule has 2 rings (SSSR count). The number of likely N-dealkylation sites (tertiary alicyclic amines) is 1. The summed E-state index contributed by atoms with van der Waals surface area (Å²) >= 11 is 0. The van der Waals surface area contributed by atoms with Gasteiger partial charge >= 0.3 is 12.1 Å². The summed E-state index contributed by atoms with van der Waals surface area (Å²) in [5, 5.41) is 2.68. The Hall–Kier alpha value is -2.12. The standard InChI is InChI=1S/C15H16F4N2O2/c16-12-3-1-10(2-4-12)9-20-13(22)11-5-7-21(8-6-11)14(23)15(17,18)19/h1-4,11H,5-9H2,(H,20,22). The van der Waals surface area contributed by atoms with Crippen LogP contribution >= 0.6 is 0 Å². The lowest BCUT2D eigenvalue weighted by Crippen LogP contribution is -2.47. The molecule has 0 atom stereocenters. The van der Waals surface area contributed by atoms with E-state index in [4.69, 9.17) is 0 Å². The van der Waals surface area contributed by atoms with E-state index in [9.17, 15) is 27.2 Å². The first kappa shape index (κ1) is 17.2. The number of hydrogen-bond acceptors (Lipinski definition) is 2. The van der Waals surface area contributed by atoms with E-state index in [1.54, 1.807) is 12.1 Å². The van der Waals surface area contributed by atoms with Gasteiger partial charge in [0.25, 0.3) is 0 Å². The number of nitrogens with one attached hydrogen (secondary N) is 1. The summed E-state index contributed by atoms with van der Waals surface area (Å²) in [6, 6.07) is 5.64. The molecule has 2 amide bonds. The Bertz CT molecular complexity index is 564. The first-order valence-electron chi connectivity index (χ1n) is 7.15. The molecule has 0 unspecified atom stereocenters. The molecule has 0 saturated carbocycles. The van der Waals surface area contributed by atoms with Gasteiger partial charge in [-0.2, -0.15) is 13.2 Å². The van der Waals surface area contributed by atoms with E-state index in [0.717, 1.165) is 10.5 Å². The van der Waals surface area contributed by atoms with Gasteiger partial charge in [0.05, 0.1) is 0 Å². The molecule has 0 bridgehead atoms. The molecule has 1 aromatic rings. The number of carbonyl (C=O) groups is 2. The van der Waals surface area contributed by atoms with Crippen LogP contribution in [0.3, 0.4) is 0 Å². The van der Waals surface area contributed by atoms with Gasteiger partial charge in [0, 0.05) is 25.6 Å². The van der Waals surface area contributed by atoms with Crippen molar-refractivity contribution in [3.05, 3.63) is 35.6 Å². The maximum Gasteiger partial charge on any atom is 0.471 e. The average Bonchev–Trinajstić information content (AvgIpc) is 2.52. The van der Waals surface area contributed by atoms with E-state index >= 15 is 0 Å². The Balaban J connectivity index is 1.79. The van der Waals surface area contributed by atoms with Crippen molar-refractivity contribution in [3.63, 3.8) is 0 Å². The molecule has 126 valence electrons. The summed E-state index contributed by atoms with van der Waals surface area (Å²) in [5.74, 6) is -2.93. The molecule has 4 nitrogen and oxygen atoms in total. The van der Waals surface area contributed by atoms with Gasteiger partial charge in [0.1, 0.15) is 5.82 Å². The molecule has 8 heteroatoms. The second-order valence-electron chi connectivity index (χ2n) is 5.41. The second-order valence-corrected chi connectivity index (χ2v) is 5.41. The highest BCUT2D eigenvalue weighted by molar-refractivity contribution is 5.83. The summed E-state index contributed by atoms with van der Waals surface area (Å²) in [6.45, 7) is 0.0424. The number of benzene rings is 1. The molecule has 1 fully saturated rings. The van der Waals surface area contributed by atoms with Gasteiger partial charge in [0.2, 0.25) is 5.91 Å². The lowest BCUT2D eigenvalue weighted by Gasteiger charge is -2.31. The van der Waals surface area contributed by atoms with E-state index in [1.807, 2.05) is 0 Å². The molecule has 0 aromatic heterocycles. The fourth-order valence-corrected chi connectivity index (χ4v) is 2.46. The molecule has 1 aliphatic heterocycles. The smallest absolute Gasteiger partial charge is 0.352 e. The minimum atomic E-state index is -4.88. The van der Waals surface area contributed by atoms with E-state index in [0.29, 0.717) is 0 Å². The number of hydrogen-bond donors (Lipinski definition) is 1. The van der Waals surface area contributed by atoms with Crippen molar-refractivity contribution in [2.45, 2.75) is 25.6 Å². The van der Waals surface area contributed by atoms with Crippen molar-refractivity contribution in [1.82, 2.24) is 10.2 Å². The summed E-state index contributed by atoms with van der Waals surface area (Å²) in [4.78, 5) is 23.8. The van der Waals surface area contributed by atoms with Gasteiger partial charge in [-0.05, 0) is 30.5 Å². The van der Waals surface area contributed by atoms with Gasteiger partial charge in [-0.25, -0.2) is 4.39 Å². The molecule has 1 saturated heterocycles. The zero-order valence-corrected chi connectivity index (χ0v) is 12.2. The van der Waals surface area contributed by atoms with Gasteiger partial charge < -0.3 is 10.2 Å². The zero-order chi connectivity index (χ0) is 17.0. The van der Waals surface area contributed by atoms with Crippen LogP contribution in [0.25, 0.3) is 0 Å². The summed E-state index contributed by atoms with van der Waals surface area (Å²) in [6.07, 6.45) is -4.49. The van der Waals surface area contributed by atoms with E-state index in [1.165, 1.54) is 12.1 Å². The van der Waals surface area contributed by atoms with Crippen LogP contribution in [-0.4, -0.2) is 36.0 Å². The van der Waals surface area contributed by atoms with E-state index in [-0.39, 0.29) is 44.2 Å². The third-order valence-electron chi connectivity index (χ3n) is 3.78. The van der Waals surface area contributed by atoms with E-state index < -0.39 is 18.0 Å². The molecule has 23 heavy (non-hydrogen) atoms. The van der Waals surface area contributed by atoms with Crippen molar-refractivity contribution in [2.24, 2.45) is 5.92 Å². The number of alkyl halides is 3. The van der Waals surface area contributed by atoms with Crippen LogP contribution in [0, 0.1) is 11.7 Å². The molecule has 1 aromatic carbocycles. The Kier molecular flexibility index (Phi) is 5.23. The Morgan fingerprint density at radius 3 is 2.22 bits per heavy atom. The zero-order valence-electron chi connectivity index (χ0n) is 12.2. The third kappa shape index (κ3) is 4.67. The number of piperidine rings is 1. The van der Waals surface area contributed by atoms with E-state index in [2.05, 4.69) is 5.32 Å². The fraction of sp³-hybridized carbons (Fsp3) is 0.467. The van der Waals surface area contributed by atoms with Gasteiger partial charge in [-0.3, -0.25) is 9.59 Å². The van der Waals surface area contributed by atoms with Crippen LogP contribution in [0.5, 0.6) is 0 Å². The van der Waals surface area contributed by atoms with Crippen molar-refractivity contribution in [3.8, 4) is 0 Å². The average molecular weight is 332 g/mol. The number of nitrogens with zero attached hydrogens (tertiary/aromatic N) is 1. The number of halogens is 4. The first-order valence-corrected chi connectivity index (χ1v) is 7.15. The molecule has 0 radical (unpaired) electrons. The lowest BCUT2D eigenvalue weighted by molar-refractivity contribution is -0.186. The molecule has 1 N–H and O–H groups in total. The molecule has 0 spiro atoms. The molecule has 1 heterocycles. The Morgan fingerprint density at radius 2 is 1.70 bits per heavy atom. The maximum atomic E-state index is 12.8. The largest absolute Gasteiger partial charge is 0.471 e. The van der Waals surface area contributed by atoms with Crippen LogP contribution in [0.2, 0.25) is 0 Å². The molecule has 0 aliphatic carbocycles. The molecular weight excluding hydrogens is 316 g/mol. The monoisotopic (exact) mass is 332 g/mol. The summed E-state index contributed by atoms with van der Waals surface area (Å²) in [7, 11) is 0. The Labute approximate surface area is 130 Å². The predicted molar refractivity (Wildman–Crippen MR) is 73.6 cm³/mol. The highest BCUT2D eigenvalue weighted by Gasteiger charge is 2.43. The highest BCUT2D eigenvalue weighted by Crippen LogP contribution is 2.24. The molecule has 1 aliphatic rings. The van der Waals surface area contributed by atoms with Crippen LogP contribution in [0.15, 0.2) is 24.3 Å². The normalized spacial score (nSPS) is 16.3. The van der Waals surface area contributed by atoms with Crippen LogP contribution in [-0.2, 0) is 16.1 Å². The third-order valence-corrected chi connectivity index (χ3v) is 3.78. The van der Waals surface area contributed by atoms with Crippen LogP contribution in [0.1, 0.15) is 18.4 Å². The quantitative estimate of drug-likeness (QED) is 0.863. The summed E-state index contributed by atoms with van der Waals surface area (Å²) in [5.41, 5.74) is 0.726. The summed E-state index contributed by atoms with van der Waals surface area (Å²) < 4.78 is 49.7. The highest BCUT2D eigenvalue weighted by atomic mass is 19.4. The van der Waals surface area contributed by atoms with Crippen molar-refractivity contribution >= 4 is 11.8 Å². The number of carbonyl (C=O) groups excluding carboxylic acids is 2. The minimum Gasteiger partial charge on any atom is -0.352 e. The van der Waals surface area contributed by atoms with Gasteiger partial charge in [-0.15, -0.1) is 0 Å². The topological polar surface area (TPSA) is 49.4 Å². The Morgan fingerprint density at radius 1 is 1.13 bits per heavy atom. The SMILES string of the molecule is O=C(NCc1ccc(F)cc1)C1CCN(C(=O)C(F)(F)F)CC1. The van der Waals surface area contributed by atoms with Crippen molar-refractivity contribution in [1.29, 1.82) is 0 Å². The van der Waals surface area contributed by atoms with Crippen LogP contribution < -0.4 is 5.32 Å².